The molecule has 6 nitrogen and oxygen atoms in total. The number of unbranched alkanes of at least 4 members (excludes halogenated alkanes) is 23. The second kappa shape index (κ2) is 37.2. The van der Waals surface area contributed by atoms with Gasteiger partial charge in [-0.25, -0.2) is 0 Å². The van der Waals surface area contributed by atoms with E-state index in [0.717, 1.165) is 69.6 Å². The Bertz CT molecular complexity index is 764. The van der Waals surface area contributed by atoms with Gasteiger partial charge in [-0.05, 0) is 31.1 Å². The number of ether oxygens (including phenoxy) is 3. The van der Waals surface area contributed by atoms with Crippen LogP contribution in [-0.4, -0.2) is 37.2 Å². The molecule has 0 fully saturated rings. The normalized spacial score (nSPS) is 12.1. The van der Waals surface area contributed by atoms with Crippen molar-refractivity contribution in [2.45, 2.75) is 240 Å². The van der Waals surface area contributed by atoms with E-state index in [1.807, 2.05) is 0 Å². The third-order valence-corrected chi connectivity index (χ3v) is 9.72. The Morgan fingerprint density at radius 1 is 0.380 bits per heavy atom. The van der Waals surface area contributed by atoms with Gasteiger partial charge >= 0.3 is 17.9 Å². The van der Waals surface area contributed by atoms with Gasteiger partial charge in [0.05, 0.1) is 0 Å². The van der Waals surface area contributed by atoms with Crippen molar-refractivity contribution in [1.82, 2.24) is 0 Å². The molecule has 0 spiro atoms. The predicted molar refractivity (Wildman–Crippen MR) is 210 cm³/mol. The number of hydrogen-bond donors (Lipinski definition) is 0. The van der Waals surface area contributed by atoms with Crippen molar-refractivity contribution in [3.8, 4) is 0 Å². The van der Waals surface area contributed by atoms with Crippen LogP contribution in [0.5, 0.6) is 0 Å². The molecule has 0 rings (SSSR count). The molecule has 0 heterocycles. The maximum Gasteiger partial charge on any atom is 0.306 e. The molecule has 0 N–H and O–H groups in total. The average Bonchev–Trinajstić information content (AvgIpc) is 3.08. The Morgan fingerprint density at radius 2 is 0.660 bits per heavy atom. The van der Waals surface area contributed by atoms with E-state index in [-0.39, 0.29) is 31.1 Å². The van der Waals surface area contributed by atoms with Crippen LogP contribution in [0, 0.1) is 11.8 Å². The highest BCUT2D eigenvalue weighted by molar-refractivity contribution is 5.71. The molecule has 0 saturated carbocycles. The molecule has 0 aliphatic rings. The van der Waals surface area contributed by atoms with Gasteiger partial charge in [-0.1, -0.05) is 195 Å². The van der Waals surface area contributed by atoms with Gasteiger partial charge in [0, 0.05) is 19.3 Å². The van der Waals surface area contributed by atoms with Crippen molar-refractivity contribution in [1.29, 1.82) is 0 Å². The smallest absolute Gasteiger partial charge is 0.306 e. The highest BCUT2D eigenvalue weighted by atomic mass is 16.6. The van der Waals surface area contributed by atoms with E-state index in [9.17, 15) is 14.4 Å². The Morgan fingerprint density at radius 3 is 0.980 bits per heavy atom. The number of esters is 3. The summed E-state index contributed by atoms with van der Waals surface area (Å²) in [6.07, 6.45) is 33.8. The van der Waals surface area contributed by atoms with Crippen LogP contribution in [0.1, 0.15) is 234 Å². The van der Waals surface area contributed by atoms with E-state index in [1.54, 1.807) is 0 Å². The van der Waals surface area contributed by atoms with Crippen LogP contribution >= 0.6 is 0 Å². The maximum atomic E-state index is 12.7. The zero-order valence-electron chi connectivity index (χ0n) is 34.0. The van der Waals surface area contributed by atoms with Crippen LogP contribution in [0.2, 0.25) is 0 Å². The number of rotatable bonds is 38. The molecule has 0 unspecified atom stereocenters. The van der Waals surface area contributed by atoms with Gasteiger partial charge < -0.3 is 14.2 Å². The molecule has 0 amide bonds. The first-order valence-electron chi connectivity index (χ1n) is 21.7. The molecular weight excluding hydrogens is 624 g/mol. The molecular formula is C44H84O6. The summed E-state index contributed by atoms with van der Waals surface area (Å²) in [6.45, 7) is 11.2. The van der Waals surface area contributed by atoms with Gasteiger partial charge in [0.15, 0.2) is 6.10 Å². The van der Waals surface area contributed by atoms with Crippen molar-refractivity contribution in [3.63, 3.8) is 0 Å². The summed E-state index contributed by atoms with van der Waals surface area (Å²) in [4.78, 5) is 37.6. The number of carbonyl (C=O) groups excluding carboxylic acids is 3. The molecule has 0 aliphatic heterocycles. The van der Waals surface area contributed by atoms with E-state index in [4.69, 9.17) is 14.2 Å². The number of carbonyl (C=O) groups is 3. The fourth-order valence-electron chi connectivity index (χ4n) is 6.40. The van der Waals surface area contributed by atoms with Crippen molar-refractivity contribution >= 4 is 17.9 Å². The maximum absolute atomic E-state index is 12.7. The zero-order valence-corrected chi connectivity index (χ0v) is 34.0. The Kier molecular flexibility index (Phi) is 36.0. The second-order valence-corrected chi connectivity index (χ2v) is 15.9. The molecule has 0 aromatic rings. The fourth-order valence-corrected chi connectivity index (χ4v) is 6.40. The fraction of sp³-hybridized carbons (Fsp3) is 0.932. The summed E-state index contributed by atoms with van der Waals surface area (Å²) in [6, 6.07) is 0. The van der Waals surface area contributed by atoms with Crippen LogP contribution in [0.25, 0.3) is 0 Å². The van der Waals surface area contributed by atoms with Crippen molar-refractivity contribution in [2.24, 2.45) is 11.8 Å². The predicted octanol–water partition coefficient (Wildman–Crippen LogP) is 13.4. The molecule has 6 heteroatoms. The Hall–Kier alpha value is -1.59. The second-order valence-electron chi connectivity index (χ2n) is 15.9. The zero-order chi connectivity index (χ0) is 36.9. The molecule has 0 aromatic heterocycles. The summed E-state index contributed by atoms with van der Waals surface area (Å²) < 4.78 is 16.7. The molecule has 1 atom stereocenters. The minimum absolute atomic E-state index is 0.0659. The third kappa shape index (κ3) is 37.7. The molecule has 0 aromatic carbocycles. The quantitative estimate of drug-likeness (QED) is 0.0361. The van der Waals surface area contributed by atoms with Gasteiger partial charge in [-0.3, -0.25) is 14.4 Å². The third-order valence-electron chi connectivity index (χ3n) is 9.72. The molecule has 0 aliphatic carbocycles. The number of hydrogen-bond acceptors (Lipinski definition) is 6. The molecule has 0 saturated heterocycles. The largest absolute Gasteiger partial charge is 0.462 e. The van der Waals surface area contributed by atoms with Crippen LogP contribution in [0.3, 0.4) is 0 Å². The van der Waals surface area contributed by atoms with E-state index < -0.39 is 6.10 Å². The minimum Gasteiger partial charge on any atom is -0.462 e. The van der Waals surface area contributed by atoms with Gasteiger partial charge in [0.25, 0.3) is 0 Å². The van der Waals surface area contributed by atoms with E-state index in [2.05, 4.69) is 34.6 Å². The first kappa shape index (κ1) is 48.4. The van der Waals surface area contributed by atoms with E-state index in [0.29, 0.717) is 19.3 Å². The van der Waals surface area contributed by atoms with Gasteiger partial charge in [0.2, 0.25) is 0 Å². The van der Waals surface area contributed by atoms with Gasteiger partial charge in [-0.15, -0.1) is 0 Å². The molecule has 0 radical (unpaired) electrons. The highest BCUT2D eigenvalue weighted by Gasteiger charge is 2.19. The van der Waals surface area contributed by atoms with Crippen LogP contribution in [-0.2, 0) is 28.6 Å². The topological polar surface area (TPSA) is 78.9 Å². The standard InChI is InChI=1S/C44H84O6/c1-6-7-8-9-10-11-12-19-24-29-34-42(45)48-37-41(50-44(47)36-31-26-21-16-14-18-23-28-33-40(4)5)38-49-43(46)35-30-25-20-15-13-17-22-27-32-39(2)3/h39-41H,6-38H2,1-5H3/t41-/m1/s1. The first-order valence-corrected chi connectivity index (χ1v) is 21.7. The summed E-state index contributed by atoms with van der Waals surface area (Å²) in [5, 5.41) is 0. The van der Waals surface area contributed by atoms with E-state index in [1.165, 1.54) is 122 Å². The van der Waals surface area contributed by atoms with Gasteiger partial charge in [-0.2, -0.15) is 0 Å². The van der Waals surface area contributed by atoms with Crippen LogP contribution in [0.4, 0.5) is 0 Å². The molecule has 0 bridgehead atoms. The Balaban J connectivity index is 4.35. The monoisotopic (exact) mass is 709 g/mol. The summed E-state index contributed by atoms with van der Waals surface area (Å²) in [5.41, 5.74) is 0. The lowest BCUT2D eigenvalue weighted by molar-refractivity contribution is -0.167. The summed E-state index contributed by atoms with van der Waals surface area (Å²) in [7, 11) is 0. The summed E-state index contributed by atoms with van der Waals surface area (Å²) in [5.74, 6) is 0.725. The van der Waals surface area contributed by atoms with Crippen molar-refractivity contribution < 1.29 is 28.6 Å². The van der Waals surface area contributed by atoms with Crippen LogP contribution in [0.15, 0.2) is 0 Å². The van der Waals surface area contributed by atoms with Crippen molar-refractivity contribution in [2.75, 3.05) is 13.2 Å². The SMILES string of the molecule is CCCCCCCCCCCCC(=O)OC[C@H](COC(=O)CCCCCCCCCCC(C)C)OC(=O)CCCCCCCCCCC(C)C. The van der Waals surface area contributed by atoms with Gasteiger partial charge in [0.1, 0.15) is 13.2 Å². The summed E-state index contributed by atoms with van der Waals surface area (Å²) >= 11 is 0. The lowest BCUT2D eigenvalue weighted by Crippen LogP contribution is -2.30. The Labute approximate surface area is 310 Å². The van der Waals surface area contributed by atoms with Crippen LogP contribution < -0.4 is 0 Å². The average molecular weight is 709 g/mol. The highest BCUT2D eigenvalue weighted by Crippen LogP contribution is 2.16. The minimum atomic E-state index is -0.760. The lowest BCUT2D eigenvalue weighted by atomic mass is 10.0. The van der Waals surface area contributed by atoms with Crippen molar-refractivity contribution in [3.05, 3.63) is 0 Å². The first-order chi connectivity index (χ1) is 24.2. The van der Waals surface area contributed by atoms with E-state index >= 15 is 0 Å². The molecule has 296 valence electrons. The molecule has 50 heavy (non-hydrogen) atoms. The lowest BCUT2D eigenvalue weighted by Gasteiger charge is -2.18.